The maximum Gasteiger partial charge on any atom is 0.264 e. The van der Waals surface area contributed by atoms with E-state index >= 15 is 0 Å². The molecule has 0 aliphatic carbocycles. The first-order valence-corrected chi connectivity index (χ1v) is 15.7. The zero-order chi connectivity index (χ0) is 31.0. The van der Waals surface area contributed by atoms with E-state index in [0.29, 0.717) is 5.69 Å². The first-order chi connectivity index (χ1) is 20.4. The SMILES string of the molecule is Cc1ccc(N(CC(=O)N(Cc2ccccc2)C(Cc2ccccc2)C(=O)NC(C)(C)C)S(=O)(=O)c2ccccc2)cc1. The molecule has 7 nitrogen and oxygen atoms in total. The largest absolute Gasteiger partial charge is 0.350 e. The summed E-state index contributed by atoms with van der Waals surface area (Å²) in [5, 5.41) is 3.04. The second-order valence-corrected chi connectivity index (χ2v) is 13.5. The minimum atomic E-state index is -4.12. The lowest BCUT2D eigenvalue weighted by atomic mass is 10.0. The Bertz CT molecular complexity index is 1600. The lowest BCUT2D eigenvalue weighted by Crippen LogP contribution is -2.56. The minimum Gasteiger partial charge on any atom is -0.350 e. The first-order valence-electron chi connectivity index (χ1n) is 14.3. The molecule has 4 aromatic rings. The van der Waals surface area contributed by atoms with Crippen LogP contribution in [0.15, 0.2) is 120 Å². The van der Waals surface area contributed by atoms with Crippen LogP contribution >= 0.6 is 0 Å². The van der Waals surface area contributed by atoms with E-state index in [1.165, 1.54) is 17.0 Å². The molecule has 1 N–H and O–H groups in total. The van der Waals surface area contributed by atoms with Crippen molar-refractivity contribution in [1.29, 1.82) is 0 Å². The number of nitrogens with one attached hydrogen (secondary N) is 1. The monoisotopic (exact) mass is 597 g/mol. The van der Waals surface area contributed by atoms with E-state index < -0.39 is 34.1 Å². The predicted molar refractivity (Wildman–Crippen MR) is 171 cm³/mol. The van der Waals surface area contributed by atoms with Gasteiger partial charge in [-0.1, -0.05) is 96.6 Å². The van der Waals surface area contributed by atoms with Crippen molar-refractivity contribution in [2.75, 3.05) is 10.8 Å². The summed E-state index contributed by atoms with van der Waals surface area (Å²) in [6.07, 6.45) is 0.261. The molecule has 4 rings (SSSR count). The van der Waals surface area contributed by atoms with E-state index in [-0.39, 0.29) is 23.8 Å². The van der Waals surface area contributed by atoms with Gasteiger partial charge in [0.15, 0.2) is 0 Å². The van der Waals surface area contributed by atoms with Gasteiger partial charge in [-0.15, -0.1) is 0 Å². The molecule has 4 aromatic carbocycles. The topological polar surface area (TPSA) is 86.8 Å². The van der Waals surface area contributed by atoms with Crippen LogP contribution in [0.2, 0.25) is 0 Å². The maximum absolute atomic E-state index is 14.4. The van der Waals surface area contributed by atoms with E-state index in [4.69, 9.17) is 0 Å². The van der Waals surface area contributed by atoms with Crippen molar-refractivity contribution >= 4 is 27.5 Å². The number of carbonyl (C=O) groups is 2. The van der Waals surface area contributed by atoms with E-state index in [1.54, 1.807) is 30.3 Å². The van der Waals surface area contributed by atoms with E-state index in [1.807, 2.05) is 100 Å². The van der Waals surface area contributed by atoms with Gasteiger partial charge in [0, 0.05) is 18.5 Å². The number of anilines is 1. The van der Waals surface area contributed by atoms with E-state index in [2.05, 4.69) is 5.32 Å². The minimum absolute atomic E-state index is 0.0734. The third-order valence-electron chi connectivity index (χ3n) is 6.90. The van der Waals surface area contributed by atoms with Crippen molar-refractivity contribution in [2.45, 2.75) is 57.1 Å². The normalized spacial score (nSPS) is 12.3. The molecular formula is C35H39N3O4S. The zero-order valence-electron chi connectivity index (χ0n) is 25.1. The quantitative estimate of drug-likeness (QED) is 0.239. The molecule has 0 aliphatic rings. The molecule has 0 bridgehead atoms. The second-order valence-electron chi connectivity index (χ2n) is 11.6. The Hall–Kier alpha value is -4.43. The van der Waals surface area contributed by atoms with Crippen LogP contribution in [0.25, 0.3) is 0 Å². The molecule has 0 heterocycles. The molecule has 2 amide bonds. The van der Waals surface area contributed by atoms with E-state index in [0.717, 1.165) is 21.0 Å². The van der Waals surface area contributed by atoms with Gasteiger partial charge in [0.1, 0.15) is 12.6 Å². The number of benzene rings is 4. The molecule has 1 unspecified atom stereocenters. The third kappa shape index (κ3) is 8.55. The Balaban J connectivity index is 1.79. The van der Waals surface area contributed by atoms with Crippen molar-refractivity contribution < 1.29 is 18.0 Å². The molecule has 224 valence electrons. The molecule has 0 radical (unpaired) electrons. The number of amides is 2. The molecule has 1 atom stereocenters. The van der Waals surface area contributed by atoms with Crippen molar-refractivity contribution in [3.05, 3.63) is 132 Å². The summed E-state index contributed by atoms with van der Waals surface area (Å²) in [4.78, 5) is 29.9. The average Bonchev–Trinajstić information content (AvgIpc) is 2.98. The molecule has 0 fully saturated rings. The molecule has 0 saturated heterocycles. The summed E-state index contributed by atoms with van der Waals surface area (Å²) in [6.45, 7) is 7.22. The number of rotatable bonds is 11. The van der Waals surface area contributed by atoms with E-state index in [9.17, 15) is 18.0 Å². The summed E-state index contributed by atoms with van der Waals surface area (Å²) in [7, 11) is -4.12. The van der Waals surface area contributed by atoms with Gasteiger partial charge in [0.2, 0.25) is 11.8 Å². The summed E-state index contributed by atoms with van der Waals surface area (Å²) in [5.74, 6) is -0.803. The molecule has 0 aliphatic heterocycles. The summed E-state index contributed by atoms with van der Waals surface area (Å²) in [5.41, 5.74) is 2.48. The van der Waals surface area contributed by atoms with Crippen molar-refractivity contribution in [3.63, 3.8) is 0 Å². The number of carbonyl (C=O) groups excluding carboxylic acids is 2. The van der Waals surface area contributed by atoms with Gasteiger partial charge in [0.25, 0.3) is 10.0 Å². The standard InChI is InChI=1S/C35H39N3O4S/c1-27-20-22-30(23-21-27)38(43(41,42)31-18-12-7-13-19-31)26-33(39)37(25-29-16-10-6-11-17-29)32(34(40)36-35(2,3)4)24-28-14-8-5-9-15-28/h5-23,32H,24-26H2,1-4H3,(H,36,40). The second kappa shape index (κ2) is 13.7. The van der Waals surface area contributed by atoms with Crippen LogP contribution in [0, 0.1) is 6.92 Å². The summed E-state index contributed by atoms with van der Waals surface area (Å²) >= 11 is 0. The number of hydrogen-bond acceptors (Lipinski definition) is 4. The Morgan fingerprint density at radius 3 is 1.79 bits per heavy atom. The van der Waals surface area contributed by atoms with Gasteiger partial charge in [-0.2, -0.15) is 0 Å². The van der Waals surface area contributed by atoms with Crippen LogP contribution in [-0.2, 0) is 32.6 Å². The van der Waals surface area contributed by atoms with Gasteiger partial charge < -0.3 is 10.2 Å². The number of sulfonamides is 1. The van der Waals surface area contributed by atoms with Crippen LogP contribution < -0.4 is 9.62 Å². The summed E-state index contributed by atoms with van der Waals surface area (Å²) < 4.78 is 29.1. The molecule has 8 heteroatoms. The van der Waals surface area contributed by atoms with Gasteiger partial charge in [0.05, 0.1) is 10.6 Å². The van der Waals surface area contributed by atoms with Crippen LogP contribution in [0.3, 0.4) is 0 Å². The number of aryl methyl sites for hydroxylation is 1. The highest BCUT2D eigenvalue weighted by Gasteiger charge is 2.35. The maximum atomic E-state index is 14.4. The van der Waals surface area contributed by atoms with Gasteiger partial charge >= 0.3 is 0 Å². The third-order valence-corrected chi connectivity index (χ3v) is 8.69. The average molecular weight is 598 g/mol. The van der Waals surface area contributed by atoms with Crippen LogP contribution in [0.1, 0.15) is 37.5 Å². The van der Waals surface area contributed by atoms with Crippen molar-refractivity contribution in [2.24, 2.45) is 0 Å². The Kier molecular flexibility index (Phi) is 10.0. The lowest BCUT2D eigenvalue weighted by Gasteiger charge is -2.35. The number of hydrogen-bond donors (Lipinski definition) is 1. The van der Waals surface area contributed by atoms with Crippen LogP contribution in [-0.4, -0.2) is 43.3 Å². The van der Waals surface area contributed by atoms with Gasteiger partial charge in [-0.25, -0.2) is 8.42 Å². The smallest absolute Gasteiger partial charge is 0.264 e. The zero-order valence-corrected chi connectivity index (χ0v) is 25.9. The molecule has 43 heavy (non-hydrogen) atoms. The molecule has 0 saturated carbocycles. The van der Waals surface area contributed by atoms with Crippen LogP contribution in [0.5, 0.6) is 0 Å². The Morgan fingerprint density at radius 2 is 1.26 bits per heavy atom. The predicted octanol–water partition coefficient (Wildman–Crippen LogP) is 5.75. The summed E-state index contributed by atoms with van der Waals surface area (Å²) in [6, 6.07) is 33.1. The fraction of sp³-hybridized carbons (Fsp3) is 0.257. The lowest BCUT2D eigenvalue weighted by molar-refractivity contribution is -0.140. The number of nitrogens with zero attached hydrogens (tertiary/aromatic N) is 2. The Morgan fingerprint density at radius 1 is 0.744 bits per heavy atom. The highest BCUT2D eigenvalue weighted by atomic mass is 32.2. The highest BCUT2D eigenvalue weighted by Crippen LogP contribution is 2.25. The fourth-order valence-electron chi connectivity index (χ4n) is 4.75. The molecule has 0 aromatic heterocycles. The molecule has 0 spiro atoms. The van der Waals surface area contributed by atoms with Gasteiger partial charge in [-0.3, -0.25) is 13.9 Å². The fourth-order valence-corrected chi connectivity index (χ4v) is 6.18. The first kappa shape index (κ1) is 31.5. The Labute approximate surface area is 255 Å². The van der Waals surface area contributed by atoms with Crippen LogP contribution in [0.4, 0.5) is 5.69 Å². The van der Waals surface area contributed by atoms with Gasteiger partial charge in [-0.05, 0) is 63.1 Å². The molecular weight excluding hydrogens is 558 g/mol. The van der Waals surface area contributed by atoms with Crippen molar-refractivity contribution in [1.82, 2.24) is 10.2 Å². The highest BCUT2D eigenvalue weighted by molar-refractivity contribution is 7.92. The van der Waals surface area contributed by atoms with Crippen molar-refractivity contribution in [3.8, 4) is 0 Å².